The van der Waals surface area contributed by atoms with Crippen LogP contribution in [0.3, 0.4) is 0 Å². The Kier molecular flexibility index (Phi) is 2.74. The number of carbonyl (C=O) groups is 1. The highest BCUT2D eigenvalue weighted by Gasteiger charge is 2.37. The highest BCUT2D eigenvalue weighted by atomic mass is 16.4. The summed E-state index contributed by atoms with van der Waals surface area (Å²) in [5.74, 6) is 0.375. The maximum Gasteiger partial charge on any atom is 0.407 e. The summed E-state index contributed by atoms with van der Waals surface area (Å²) >= 11 is 0. The molecule has 0 radical (unpaired) electrons. The lowest BCUT2D eigenvalue weighted by atomic mass is 9.90. The molecular formula is C10H13N3O3. The van der Waals surface area contributed by atoms with Crippen LogP contribution in [0.1, 0.15) is 18.7 Å². The summed E-state index contributed by atoms with van der Waals surface area (Å²) in [6.07, 6.45) is 2.87. The van der Waals surface area contributed by atoms with E-state index >= 15 is 0 Å². The van der Waals surface area contributed by atoms with Crippen LogP contribution >= 0.6 is 0 Å². The van der Waals surface area contributed by atoms with Crippen LogP contribution in [0.2, 0.25) is 0 Å². The molecule has 0 unspecified atom stereocenters. The van der Waals surface area contributed by atoms with E-state index in [-0.39, 0.29) is 0 Å². The van der Waals surface area contributed by atoms with Crippen LogP contribution in [-0.4, -0.2) is 44.3 Å². The second kappa shape index (κ2) is 4.05. The van der Waals surface area contributed by atoms with E-state index in [0.717, 1.165) is 0 Å². The van der Waals surface area contributed by atoms with Crippen LogP contribution in [0.15, 0.2) is 18.5 Å². The first kappa shape index (κ1) is 10.8. The van der Waals surface area contributed by atoms with Gasteiger partial charge in [0.15, 0.2) is 5.82 Å². The average Bonchev–Trinajstić information content (AvgIpc) is 2.31. The minimum absolute atomic E-state index is 0.310. The third kappa shape index (κ3) is 1.96. The summed E-state index contributed by atoms with van der Waals surface area (Å²) in [6.45, 7) is 0.619. The molecule has 6 heteroatoms. The number of nitrogens with zero attached hydrogens (tertiary/aromatic N) is 3. The molecule has 2 N–H and O–H groups in total. The van der Waals surface area contributed by atoms with Crippen molar-refractivity contribution in [3.63, 3.8) is 0 Å². The lowest BCUT2D eigenvalue weighted by Gasteiger charge is -2.35. The van der Waals surface area contributed by atoms with Gasteiger partial charge in [-0.15, -0.1) is 0 Å². The van der Waals surface area contributed by atoms with Crippen LogP contribution in [0.5, 0.6) is 0 Å². The van der Waals surface area contributed by atoms with E-state index in [0.29, 0.717) is 31.8 Å². The van der Waals surface area contributed by atoms with Gasteiger partial charge in [0.05, 0.1) is 0 Å². The minimum atomic E-state index is -1.09. The topological polar surface area (TPSA) is 86.5 Å². The Hall–Kier alpha value is -1.69. The summed E-state index contributed by atoms with van der Waals surface area (Å²) in [5.41, 5.74) is -1.09. The van der Waals surface area contributed by atoms with E-state index in [9.17, 15) is 9.90 Å². The second-order valence-electron chi connectivity index (χ2n) is 3.87. The van der Waals surface area contributed by atoms with Crippen molar-refractivity contribution in [2.45, 2.75) is 18.4 Å². The maximum absolute atomic E-state index is 10.7. The van der Waals surface area contributed by atoms with Gasteiger partial charge in [0.25, 0.3) is 0 Å². The fraction of sp³-hybridized carbons (Fsp3) is 0.500. The maximum atomic E-state index is 10.7. The molecule has 2 rings (SSSR count). The molecule has 2 heterocycles. The lowest BCUT2D eigenvalue weighted by molar-refractivity contribution is -0.0284. The van der Waals surface area contributed by atoms with Gasteiger partial charge in [-0.25, -0.2) is 14.8 Å². The molecule has 0 atom stereocenters. The molecule has 16 heavy (non-hydrogen) atoms. The SMILES string of the molecule is O=C(O)N1CCC(O)(c2ncccn2)CC1. The number of hydrogen-bond acceptors (Lipinski definition) is 4. The number of hydrogen-bond donors (Lipinski definition) is 2. The summed E-state index contributed by atoms with van der Waals surface area (Å²) in [4.78, 5) is 20.0. The van der Waals surface area contributed by atoms with Gasteiger partial charge in [0, 0.05) is 38.3 Å². The van der Waals surface area contributed by atoms with Crippen molar-refractivity contribution in [3.8, 4) is 0 Å². The quantitative estimate of drug-likeness (QED) is 0.721. The zero-order valence-corrected chi connectivity index (χ0v) is 8.70. The molecule has 1 aliphatic rings. The Morgan fingerprint density at radius 1 is 1.31 bits per heavy atom. The Balaban J connectivity index is 2.10. The summed E-state index contributed by atoms with van der Waals surface area (Å²) in [6, 6.07) is 1.68. The number of rotatable bonds is 1. The first-order valence-corrected chi connectivity index (χ1v) is 5.09. The third-order valence-electron chi connectivity index (χ3n) is 2.84. The third-order valence-corrected chi connectivity index (χ3v) is 2.84. The molecule has 0 aromatic carbocycles. The van der Waals surface area contributed by atoms with Gasteiger partial charge in [-0.1, -0.05) is 0 Å². The molecule has 86 valence electrons. The van der Waals surface area contributed by atoms with E-state index in [1.54, 1.807) is 18.5 Å². The Morgan fingerprint density at radius 3 is 2.38 bits per heavy atom. The molecule has 0 bridgehead atoms. The summed E-state index contributed by atoms with van der Waals surface area (Å²) in [7, 11) is 0. The standard InChI is InChI=1S/C10H13N3O3/c14-9(15)13-6-2-10(16,3-7-13)8-11-4-1-5-12-8/h1,4-5,16H,2-3,6-7H2,(H,14,15). The Morgan fingerprint density at radius 2 is 1.88 bits per heavy atom. The molecule has 1 aromatic heterocycles. The molecule has 1 amide bonds. The van der Waals surface area contributed by atoms with Crippen molar-refractivity contribution in [1.29, 1.82) is 0 Å². The number of likely N-dealkylation sites (tertiary alicyclic amines) is 1. The van der Waals surface area contributed by atoms with Crippen LogP contribution in [-0.2, 0) is 5.60 Å². The lowest BCUT2D eigenvalue weighted by Crippen LogP contribution is -2.45. The molecular weight excluding hydrogens is 210 g/mol. The highest BCUT2D eigenvalue weighted by Crippen LogP contribution is 2.29. The van der Waals surface area contributed by atoms with Gasteiger partial charge < -0.3 is 15.1 Å². The molecule has 1 fully saturated rings. The summed E-state index contributed by atoms with van der Waals surface area (Å²) < 4.78 is 0. The van der Waals surface area contributed by atoms with Crippen molar-refractivity contribution in [1.82, 2.24) is 14.9 Å². The van der Waals surface area contributed by atoms with E-state index in [2.05, 4.69) is 9.97 Å². The largest absolute Gasteiger partial charge is 0.465 e. The first-order valence-electron chi connectivity index (χ1n) is 5.09. The number of aliphatic hydroxyl groups is 1. The van der Waals surface area contributed by atoms with Crippen molar-refractivity contribution >= 4 is 6.09 Å². The molecule has 0 aliphatic carbocycles. The molecule has 1 aromatic rings. The molecule has 0 spiro atoms. The predicted molar refractivity (Wildman–Crippen MR) is 54.8 cm³/mol. The zero-order chi connectivity index (χ0) is 11.6. The second-order valence-corrected chi connectivity index (χ2v) is 3.87. The van der Waals surface area contributed by atoms with Crippen LogP contribution in [0, 0.1) is 0 Å². The van der Waals surface area contributed by atoms with Gasteiger partial charge >= 0.3 is 6.09 Å². The van der Waals surface area contributed by atoms with Crippen molar-refractivity contribution in [2.75, 3.05) is 13.1 Å². The van der Waals surface area contributed by atoms with E-state index in [1.807, 2.05) is 0 Å². The zero-order valence-electron chi connectivity index (χ0n) is 8.70. The Labute approximate surface area is 92.6 Å². The first-order chi connectivity index (χ1) is 7.62. The van der Waals surface area contributed by atoms with Crippen LogP contribution < -0.4 is 0 Å². The van der Waals surface area contributed by atoms with Gasteiger partial charge in [-0.2, -0.15) is 0 Å². The van der Waals surface area contributed by atoms with E-state index in [1.165, 1.54) is 4.90 Å². The van der Waals surface area contributed by atoms with Crippen molar-refractivity contribution < 1.29 is 15.0 Å². The van der Waals surface area contributed by atoms with Crippen molar-refractivity contribution in [2.24, 2.45) is 0 Å². The number of aromatic nitrogens is 2. The normalized spacial score (nSPS) is 19.4. The van der Waals surface area contributed by atoms with Crippen LogP contribution in [0.4, 0.5) is 4.79 Å². The molecule has 1 saturated heterocycles. The number of amides is 1. The van der Waals surface area contributed by atoms with E-state index in [4.69, 9.17) is 5.11 Å². The highest BCUT2D eigenvalue weighted by molar-refractivity contribution is 5.65. The fourth-order valence-electron chi connectivity index (χ4n) is 1.83. The number of carboxylic acid groups (broad SMARTS) is 1. The fourth-order valence-corrected chi connectivity index (χ4v) is 1.83. The summed E-state index contributed by atoms with van der Waals surface area (Å²) in [5, 5.41) is 19.1. The smallest absolute Gasteiger partial charge is 0.407 e. The predicted octanol–water partition coefficient (Wildman–Crippen LogP) is 0.438. The average molecular weight is 223 g/mol. The molecule has 6 nitrogen and oxygen atoms in total. The minimum Gasteiger partial charge on any atom is -0.465 e. The van der Waals surface area contributed by atoms with Gasteiger partial charge in [-0.05, 0) is 6.07 Å². The monoisotopic (exact) mass is 223 g/mol. The van der Waals surface area contributed by atoms with Gasteiger partial charge in [-0.3, -0.25) is 0 Å². The van der Waals surface area contributed by atoms with Crippen molar-refractivity contribution in [3.05, 3.63) is 24.3 Å². The van der Waals surface area contributed by atoms with E-state index < -0.39 is 11.7 Å². The Bertz CT molecular complexity index is 374. The molecule has 0 saturated carbocycles. The molecule has 1 aliphatic heterocycles. The van der Waals surface area contributed by atoms with Gasteiger partial charge in [0.2, 0.25) is 0 Å². The van der Waals surface area contributed by atoms with Crippen LogP contribution in [0.25, 0.3) is 0 Å². The number of piperidine rings is 1. The van der Waals surface area contributed by atoms with Gasteiger partial charge in [0.1, 0.15) is 5.60 Å².